The van der Waals surface area contributed by atoms with Gasteiger partial charge in [0.2, 0.25) is 11.8 Å². The Morgan fingerprint density at radius 1 is 0.900 bits per heavy atom. The molecule has 0 saturated heterocycles. The summed E-state index contributed by atoms with van der Waals surface area (Å²) in [5.74, 6) is -0.328. The highest BCUT2D eigenvalue weighted by molar-refractivity contribution is 5.88. The number of para-hydroxylation sites is 2. The van der Waals surface area contributed by atoms with Crippen molar-refractivity contribution in [3.63, 3.8) is 0 Å². The number of H-pyrrole nitrogens is 2. The maximum Gasteiger partial charge on any atom is 0.239 e. The van der Waals surface area contributed by atoms with E-state index in [9.17, 15) is 9.59 Å². The molecule has 0 unspecified atom stereocenters. The summed E-state index contributed by atoms with van der Waals surface area (Å²) in [6.45, 7) is 1.97. The molecule has 2 aromatic carbocycles. The second kappa shape index (κ2) is 14.7. The molecule has 0 radical (unpaired) electrons. The summed E-state index contributed by atoms with van der Waals surface area (Å²) in [5.41, 5.74) is 10.8. The number of halogens is 1. The van der Waals surface area contributed by atoms with Crippen LogP contribution in [0.15, 0.2) is 60.9 Å². The van der Waals surface area contributed by atoms with Gasteiger partial charge in [-0.05, 0) is 55.4 Å². The number of hydrogen-bond acceptors (Lipinski definition) is 3. The lowest BCUT2D eigenvalue weighted by atomic mass is 10.1. The highest BCUT2D eigenvalue weighted by Gasteiger charge is 2.23. The highest BCUT2D eigenvalue weighted by atomic mass is 127. The van der Waals surface area contributed by atoms with Gasteiger partial charge in [0, 0.05) is 47.3 Å². The van der Waals surface area contributed by atoms with Crippen LogP contribution >= 0.6 is 0 Å². The minimum atomic E-state index is -0.612. The third-order valence-electron chi connectivity index (χ3n) is 7.27. The molecular formula is C31H43IN6O2. The molecule has 40 heavy (non-hydrogen) atoms. The number of hydrogen-bond donors (Lipinski definition) is 4. The molecule has 1 atom stereocenters. The number of fused-ring (bicyclic) bond motifs is 2. The Morgan fingerprint density at radius 3 is 2.08 bits per heavy atom. The van der Waals surface area contributed by atoms with Crippen LogP contribution in [0.5, 0.6) is 0 Å². The van der Waals surface area contributed by atoms with Gasteiger partial charge < -0.3 is 54.4 Å². The van der Waals surface area contributed by atoms with Crippen LogP contribution in [0, 0.1) is 0 Å². The van der Waals surface area contributed by atoms with E-state index in [1.54, 1.807) is 4.90 Å². The minimum absolute atomic E-state index is 0. The van der Waals surface area contributed by atoms with E-state index < -0.39 is 6.04 Å². The Labute approximate surface area is 254 Å². The second-order valence-corrected chi connectivity index (χ2v) is 11.4. The fraction of sp³-hybridized carbons (Fsp3) is 0.419. The topological polar surface area (TPSA) is 107 Å². The summed E-state index contributed by atoms with van der Waals surface area (Å²) < 4.78 is 0.888. The molecule has 5 N–H and O–H groups in total. The lowest BCUT2D eigenvalue weighted by molar-refractivity contribution is -0.870. The Kier molecular flexibility index (Phi) is 11.6. The van der Waals surface area contributed by atoms with Crippen molar-refractivity contribution in [1.29, 1.82) is 0 Å². The SMILES string of the molecule is C[N+](C)(C)CCCC[C@H](N)C(=O)N(CCc1c[nH]c2ccccc12)CC(=O)NCCc1c[nH]c2ccccc12.[I-]. The Hall–Kier alpha value is -2.89. The number of amides is 2. The van der Waals surface area contributed by atoms with Crippen LogP contribution in [-0.4, -0.2) is 84.5 Å². The Morgan fingerprint density at radius 2 is 1.48 bits per heavy atom. The monoisotopic (exact) mass is 658 g/mol. The molecule has 0 fully saturated rings. The molecule has 216 valence electrons. The predicted molar refractivity (Wildman–Crippen MR) is 158 cm³/mol. The zero-order valence-electron chi connectivity index (χ0n) is 23.9. The molecular weight excluding hydrogens is 615 g/mol. The molecule has 0 aliphatic carbocycles. The molecule has 8 nitrogen and oxygen atoms in total. The molecule has 9 heteroatoms. The third kappa shape index (κ3) is 8.81. The van der Waals surface area contributed by atoms with Crippen molar-refractivity contribution in [2.45, 2.75) is 38.1 Å². The average Bonchev–Trinajstić information content (AvgIpc) is 3.52. The van der Waals surface area contributed by atoms with Crippen LogP contribution in [-0.2, 0) is 22.4 Å². The van der Waals surface area contributed by atoms with Crippen LogP contribution in [0.1, 0.15) is 30.4 Å². The van der Waals surface area contributed by atoms with E-state index in [-0.39, 0.29) is 42.3 Å². The van der Waals surface area contributed by atoms with Gasteiger partial charge in [-0.1, -0.05) is 36.4 Å². The van der Waals surface area contributed by atoms with Gasteiger partial charge in [-0.15, -0.1) is 0 Å². The molecule has 2 heterocycles. The third-order valence-corrected chi connectivity index (χ3v) is 7.27. The van der Waals surface area contributed by atoms with Gasteiger partial charge in [-0.3, -0.25) is 9.59 Å². The number of nitrogens with zero attached hydrogens (tertiary/aromatic N) is 2. The molecule has 0 saturated carbocycles. The van der Waals surface area contributed by atoms with E-state index in [0.717, 1.165) is 51.4 Å². The van der Waals surface area contributed by atoms with E-state index in [1.807, 2.05) is 48.8 Å². The van der Waals surface area contributed by atoms with Crippen LogP contribution in [0.25, 0.3) is 21.8 Å². The van der Waals surface area contributed by atoms with Gasteiger partial charge in [-0.25, -0.2) is 0 Å². The first-order valence-corrected chi connectivity index (χ1v) is 13.9. The summed E-state index contributed by atoms with van der Waals surface area (Å²) in [6, 6.07) is 15.6. The average molecular weight is 659 g/mol. The summed E-state index contributed by atoms with van der Waals surface area (Å²) in [7, 11) is 6.48. The van der Waals surface area contributed by atoms with Crippen molar-refractivity contribution in [1.82, 2.24) is 20.2 Å². The van der Waals surface area contributed by atoms with Crippen molar-refractivity contribution in [3.8, 4) is 0 Å². The number of aromatic amines is 2. The number of carbonyl (C=O) groups is 2. The van der Waals surface area contributed by atoms with Gasteiger partial charge in [0.1, 0.15) is 0 Å². The molecule has 4 rings (SSSR count). The van der Waals surface area contributed by atoms with E-state index >= 15 is 0 Å². The van der Waals surface area contributed by atoms with Gasteiger partial charge >= 0.3 is 0 Å². The smallest absolute Gasteiger partial charge is 0.239 e. The maximum atomic E-state index is 13.4. The van der Waals surface area contributed by atoms with Gasteiger partial charge in [0.15, 0.2) is 0 Å². The van der Waals surface area contributed by atoms with E-state index in [1.165, 1.54) is 5.39 Å². The lowest BCUT2D eigenvalue weighted by Gasteiger charge is -2.26. The normalized spacial score (nSPS) is 12.3. The molecule has 0 spiro atoms. The van der Waals surface area contributed by atoms with Crippen molar-refractivity contribution in [2.24, 2.45) is 5.73 Å². The van der Waals surface area contributed by atoms with Crippen molar-refractivity contribution < 1.29 is 38.0 Å². The van der Waals surface area contributed by atoms with Crippen molar-refractivity contribution >= 4 is 33.6 Å². The summed E-state index contributed by atoms with van der Waals surface area (Å²) >= 11 is 0. The van der Waals surface area contributed by atoms with E-state index in [2.05, 4.69) is 48.6 Å². The molecule has 0 aliphatic rings. The first kappa shape index (κ1) is 31.6. The van der Waals surface area contributed by atoms with Crippen molar-refractivity contribution in [2.75, 3.05) is 47.3 Å². The largest absolute Gasteiger partial charge is 1.00 e. The zero-order valence-corrected chi connectivity index (χ0v) is 26.0. The molecule has 4 aromatic rings. The maximum absolute atomic E-state index is 13.4. The van der Waals surface area contributed by atoms with Gasteiger partial charge in [0.05, 0.1) is 40.3 Å². The molecule has 0 bridgehead atoms. The number of nitrogens with two attached hydrogens (primary N) is 1. The Bertz CT molecular complexity index is 1390. The number of aromatic nitrogens is 2. The van der Waals surface area contributed by atoms with E-state index in [0.29, 0.717) is 32.4 Å². The highest BCUT2D eigenvalue weighted by Crippen LogP contribution is 2.19. The number of quaternary nitrogens is 1. The summed E-state index contributed by atoms with van der Waals surface area (Å²) in [5, 5.41) is 5.31. The zero-order chi connectivity index (χ0) is 27.8. The van der Waals surface area contributed by atoms with Crippen LogP contribution in [0.4, 0.5) is 0 Å². The first-order valence-electron chi connectivity index (χ1n) is 13.9. The van der Waals surface area contributed by atoms with Crippen molar-refractivity contribution in [3.05, 3.63) is 72.1 Å². The number of nitrogens with one attached hydrogen (secondary N) is 3. The summed E-state index contributed by atoms with van der Waals surface area (Å²) in [6.07, 6.45) is 7.84. The number of rotatable bonds is 14. The molecule has 2 aromatic heterocycles. The van der Waals surface area contributed by atoms with Gasteiger partial charge in [0.25, 0.3) is 0 Å². The second-order valence-electron chi connectivity index (χ2n) is 11.4. The Balaban J connectivity index is 0.00000441. The van der Waals surface area contributed by atoms with Crippen LogP contribution < -0.4 is 35.0 Å². The van der Waals surface area contributed by atoms with Crippen LogP contribution in [0.2, 0.25) is 0 Å². The summed E-state index contributed by atoms with van der Waals surface area (Å²) in [4.78, 5) is 34.6. The number of benzene rings is 2. The standard InChI is InChI=1S/C31H42N6O2.HI/c1-37(2,3)19-9-8-12-27(32)31(39)36(18-16-24-21-35-29-14-7-5-11-26(24)29)22-30(38)33-17-15-23-20-34-28-13-6-4-10-25(23)28;/h4-7,10-11,13-14,20-21,27,34-35H,8-9,12,15-19,22,32H2,1-3H3;1H/t27-;/m0./s1. The quantitative estimate of drug-likeness (QED) is 0.0906. The lowest BCUT2D eigenvalue weighted by Crippen LogP contribution is -3.00. The fourth-order valence-corrected chi connectivity index (χ4v) is 5.07. The number of carbonyl (C=O) groups excluding carboxylic acids is 2. The molecule has 2 amide bonds. The van der Waals surface area contributed by atoms with Crippen LogP contribution in [0.3, 0.4) is 0 Å². The first-order chi connectivity index (χ1) is 18.7. The number of unbranched alkanes of at least 4 members (excludes halogenated alkanes) is 1. The molecule has 0 aliphatic heterocycles. The minimum Gasteiger partial charge on any atom is -1.00 e. The van der Waals surface area contributed by atoms with Gasteiger partial charge in [-0.2, -0.15) is 0 Å². The van der Waals surface area contributed by atoms with E-state index in [4.69, 9.17) is 5.73 Å². The predicted octanol–water partition coefficient (Wildman–Crippen LogP) is 0.587. The fourth-order valence-electron chi connectivity index (χ4n) is 5.07.